The monoisotopic (exact) mass is 293 g/mol. The van der Waals surface area contributed by atoms with Crippen LogP contribution in [0.5, 0.6) is 0 Å². The van der Waals surface area contributed by atoms with Gasteiger partial charge in [0.15, 0.2) is 0 Å². The Morgan fingerprint density at radius 3 is 2.85 bits per heavy atom. The first-order chi connectivity index (χ1) is 9.52. The van der Waals surface area contributed by atoms with Gasteiger partial charge in [-0.25, -0.2) is 14.4 Å². The lowest BCUT2D eigenvalue weighted by atomic mass is 10.2. The van der Waals surface area contributed by atoms with E-state index in [2.05, 4.69) is 15.3 Å². The Hall–Kier alpha value is -2.79. The second-order valence-electron chi connectivity index (χ2n) is 3.55. The van der Waals surface area contributed by atoms with Crippen molar-refractivity contribution in [3.63, 3.8) is 0 Å². The summed E-state index contributed by atoms with van der Waals surface area (Å²) < 4.78 is 13.2. The maximum atomic E-state index is 13.2. The molecule has 0 unspecified atom stereocenters. The van der Waals surface area contributed by atoms with Crippen molar-refractivity contribution in [1.29, 1.82) is 5.26 Å². The lowest BCUT2D eigenvalue weighted by molar-refractivity contribution is -0.384. The van der Waals surface area contributed by atoms with Crippen LogP contribution in [0.25, 0.3) is 0 Å². The Balaban J connectivity index is 2.43. The third-order valence-corrected chi connectivity index (χ3v) is 2.59. The number of rotatable bonds is 3. The number of aromatic nitrogens is 2. The van der Waals surface area contributed by atoms with Crippen molar-refractivity contribution in [2.45, 2.75) is 0 Å². The minimum absolute atomic E-state index is 0.148. The predicted molar refractivity (Wildman–Crippen MR) is 68.1 cm³/mol. The Morgan fingerprint density at radius 2 is 2.20 bits per heavy atom. The molecule has 1 aromatic heterocycles. The molecule has 0 amide bonds. The van der Waals surface area contributed by atoms with Crippen LogP contribution in [0.15, 0.2) is 24.5 Å². The van der Waals surface area contributed by atoms with Gasteiger partial charge in [-0.2, -0.15) is 5.26 Å². The molecule has 2 aromatic rings. The molecule has 0 aliphatic heterocycles. The van der Waals surface area contributed by atoms with E-state index in [1.54, 1.807) is 6.07 Å². The van der Waals surface area contributed by atoms with Gasteiger partial charge in [0.25, 0.3) is 0 Å². The van der Waals surface area contributed by atoms with Gasteiger partial charge in [0.05, 0.1) is 10.5 Å². The standard InChI is InChI=1S/C11H5ClFN5O2/c12-10-9(18(19)20)11(16-5-15-10)17-7-1-2-8(13)6(3-7)4-14/h1-3,5H,(H,15,16,17). The van der Waals surface area contributed by atoms with E-state index < -0.39 is 16.4 Å². The van der Waals surface area contributed by atoms with Gasteiger partial charge in [-0.3, -0.25) is 10.1 Å². The lowest BCUT2D eigenvalue weighted by Gasteiger charge is -2.06. The summed E-state index contributed by atoms with van der Waals surface area (Å²) in [6, 6.07) is 5.25. The van der Waals surface area contributed by atoms with Crippen LogP contribution in [0.4, 0.5) is 21.6 Å². The number of nitrogens with one attached hydrogen (secondary N) is 1. The zero-order valence-electron chi connectivity index (χ0n) is 9.67. The van der Waals surface area contributed by atoms with E-state index in [1.165, 1.54) is 12.1 Å². The van der Waals surface area contributed by atoms with Gasteiger partial charge in [-0.15, -0.1) is 0 Å². The highest BCUT2D eigenvalue weighted by molar-refractivity contribution is 6.31. The van der Waals surface area contributed by atoms with E-state index in [1.807, 2.05) is 0 Å². The van der Waals surface area contributed by atoms with Crippen molar-refractivity contribution >= 4 is 28.8 Å². The molecule has 20 heavy (non-hydrogen) atoms. The second-order valence-corrected chi connectivity index (χ2v) is 3.91. The van der Waals surface area contributed by atoms with Crippen LogP contribution in [0, 0.1) is 27.3 Å². The molecule has 0 saturated carbocycles. The Bertz CT molecular complexity index is 731. The largest absolute Gasteiger partial charge is 0.348 e. The van der Waals surface area contributed by atoms with Crippen LogP contribution in [0.2, 0.25) is 5.15 Å². The third-order valence-electron chi connectivity index (χ3n) is 2.31. The summed E-state index contributed by atoms with van der Waals surface area (Å²) >= 11 is 5.63. The molecule has 0 spiro atoms. The molecule has 0 saturated heterocycles. The van der Waals surface area contributed by atoms with Crippen LogP contribution in [0.3, 0.4) is 0 Å². The summed E-state index contributed by atoms with van der Waals surface area (Å²) in [5.41, 5.74) is -0.435. The first kappa shape index (κ1) is 13.6. The molecule has 0 atom stereocenters. The zero-order chi connectivity index (χ0) is 14.7. The molecule has 7 nitrogen and oxygen atoms in total. The van der Waals surface area contributed by atoms with E-state index in [0.29, 0.717) is 0 Å². The summed E-state index contributed by atoms with van der Waals surface area (Å²) in [6.07, 6.45) is 1.05. The Morgan fingerprint density at radius 1 is 1.45 bits per heavy atom. The van der Waals surface area contributed by atoms with E-state index in [9.17, 15) is 14.5 Å². The summed E-state index contributed by atoms with van der Waals surface area (Å²) in [4.78, 5) is 17.4. The number of anilines is 2. The summed E-state index contributed by atoms with van der Waals surface area (Å²) in [6.45, 7) is 0. The molecule has 0 aliphatic carbocycles. The first-order valence-corrected chi connectivity index (χ1v) is 5.52. The number of hydrogen-bond acceptors (Lipinski definition) is 6. The maximum Gasteiger partial charge on any atom is 0.348 e. The molecule has 1 N–H and O–H groups in total. The number of hydrogen-bond donors (Lipinski definition) is 1. The average Bonchev–Trinajstić information content (AvgIpc) is 2.40. The van der Waals surface area contributed by atoms with E-state index in [0.717, 1.165) is 12.4 Å². The number of nitrogens with zero attached hydrogens (tertiary/aromatic N) is 4. The minimum Gasteiger partial charge on any atom is -0.334 e. The van der Waals surface area contributed by atoms with Crippen molar-refractivity contribution in [3.8, 4) is 6.07 Å². The van der Waals surface area contributed by atoms with Crippen LogP contribution < -0.4 is 5.32 Å². The highest BCUT2D eigenvalue weighted by Crippen LogP contribution is 2.30. The van der Waals surface area contributed by atoms with E-state index >= 15 is 0 Å². The fourth-order valence-corrected chi connectivity index (χ4v) is 1.64. The highest BCUT2D eigenvalue weighted by Gasteiger charge is 2.21. The van der Waals surface area contributed by atoms with Crippen molar-refractivity contribution in [3.05, 3.63) is 51.2 Å². The van der Waals surface area contributed by atoms with Crippen LogP contribution in [-0.2, 0) is 0 Å². The smallest absolute Gasteiger partial charge is 0.334 e. The Kier molecular flexibility index (Phi) is 3.72. The minimum atomic E-state index is -0.737. The fraction of sp³-hybridized carbons (Fsp3) is 0. The molecule has 0 fully saturated rings. The molecule has 9 heteroatoms. The van der Waals surface area contributed by atoms with Crippen molar-refractivity contribution in [1.82, 2.24) is 9.97 Å². The maximum absolute atomic E-state index is 13.2. The van der Waals surface area contributed by atoms with Gasteiger partial charge in [0.1, 0.15) is 18.2 Å². The van der Waals surface area contributed by atoms with Crippen molar-refractivity contribution < 1.29 is 9.31 Å². The van der Waals surface area contributed by atoms with Crippen LogP contribution in [-0.4, -0.2) is 14.9 Å². The normalized spacial score (nSPS) is 9.85. The average molecular weight is 294 g/mol. The van der Waals surface area contributed by atoms with Crippen LogP contribution >= 0.6 is 11.6 Å². The number of benzene rings is 1. The van der Waals surface area contributed by atoms with Crippen molar-refractivity contribution in [2.75, 3.05) is 5.32 Å². The zero-order valence-corrected chi connectivity index (χ0v) is 10.4. The molecule has 1 aromatic carbocycles. The van der Waals surface area contributed by atoms with Gasteiger partial charge in [-0.1, -0.05) is 11.6 Å². The predicted octanol–water partition coefficient (Wildman–Crippen LogP) is 2.79. The van der Waals surface area contributed by atoms with Gasteiger partial charge >= 0.3 is 5.69 Å². The molecule has 0 bridgehead atoms. The highest BCUT2D eigenvalue weighted by atomic mass is 35.5. The quantitative estimate of drug-likeness (QED) is 0.530. The van der Waals surface area contributed by atoms with E-state index in [4.69, 9.17) is 16.9 Å². The fourth-order valence-electron chi connectivity index (χ4n) is 1.44. The van der Waals surface area contributed by atoms with Crippen molar-refractivity contribution in [2.24, 2.45) is 0 Å². The van der Waals surface area contributed by atoms with E-state index in [-0.39, 0.29) is 22.2 Å². The lowest BCUT2D eigenvalue weighted by Crippen LogP contribution is -2.02. The summed E-state index contributed by atoms with van der Waals surface area (Å²) in [7, 11) is 0. The molecular weight excluding hydrogens is 289 g/mol. The van der Waals surface area contributed by atoms with Gasteiger partial charge in [0.2, 0.25) is 11.0 Å². The summed E-state index contributed by atoms with van der Waals surface area (Å²) in [5, 5.41) is 21.9. The first-order valence-electron chi connectivity index (χ1n) is 5.14. The second kappa shape index (κ2) is 5.46. The van der Waals surface area contributed by atoms with Gasteiger partial charge in [0, 0.05) is 5.69 Å². The third kappa shape index (κ3) is 2.62. The topological polar surface area (TPSA) is 105 Å². The Labute approximate surface area is 116 Å². The molecular formula is C11H5ClFN5O2. The molecule has 2 rings (SSSR count). The molecule has 1 heterocycles. The van der Waals surface area contributed by atoms with Crippen LogP contribution in [0.1, 0.15) is 5.56 Å². The van der Waals surface area contributed by atoms with Gasteiger partial charge in [-0.05, 0) is 18.2 Å². The summed E-state index contributed by atoms with van der Waals surface area (Å²) in [5.74, 6) is -0.834. The van der Waals surface area contributed by atoms with Gasteiger partial charge < -0.3 is 5.32 Å². The number of nitriles is 1. The molecule has 100 valence electrons. The number of halogens is 2. The molecule has 0 radical (unpaired) electrons. The SMILES string of the molecule is N#Cc1cc(Nc2ncnc(Cl)c2[N+](=O)[O-])ccc1F. The molecule has 0 aliphatic rings. The number of nitro groups is 1.